The van der Waals surface area contributed by atoms with E-state index in [1.54, 1.807) is 6.07 Å². The molecule has 3 aliphatic rings. The Balaban J connectivity index is 1.36. The van der Waals surface area contributed by atoms with Crippen LogP contribution in [0.4, 0.5) is 5.69 Å². The van der Waals surface area contributed by atoms with Gasteiger partial charge in [0.1, 0.15) is 0 Å². The molecule has 1 aromatic rings. The zero-order valence-corrected chi connectivity index (χ0v) is 14.7. The van der Waals surface area contributed by atoms with Crippen LogP contribution in [0.2, 0.25) is 0 Å². The molecule has 0 unspecified atom stereocenters. The van der Waals surface area contributed by atoms with Gasteiger partial charge >= 0.3 is 0 Å². The van der Waals surface area contributed by atoms with Crippen molar-refractivity contribution < 1.29 is 14.4 Å². The molecule has 6 nitrogen and oxygen atoms in total. The van der Waals surface area contributed by atoms with Crippen molar-refractivity contribution in [1.82, 2.24) is 10.2 Å². The van der Waals surface area contributed by atoms with Gasteiger partial charge in [-0.25, -0.2) is 0 Å². The second kappa shape index (κ2) is 6.71. The molecule has 0 bridgehead atoms. The number of nitrogens with one attached hydrogen (secondary N) is 2. The van der Waals surface area contributed by atoms with Crippen LogP contribution < -0.4 is 10.6 Å². The fourth-order valence-electron chi connectivity index (χ4n) is 3.29. The fourth-order valence-corrected chi connectivity index (χ4v) is 4.08. The number of carbonyl (C=O) groups is 3. The highest BCUT2D eigenvalue weighted by Crippen LogP contribution is 2.32. The summed E-state index contributed by atoms with van der Waals surface area (Å²) in [4.78, 5) is 38.9. The molecule has 7 heteroatoms. The van der Waals surface area contributed by atoms with E-state index in [1.807, 2.05) is 17.0 Å². The number of nitrogens with zero attached hydrogens (tertiary/aromatic N) is 1. The Hall–Kier alpha value is -2.02. The van der Waals surface area contributed by atoms with Crippen LogP contribution in [0.5, 0.6) is 0 Å². The first-order valence-electron chi connectivity index (χ1n) is 8.76. The Morgan fingerprint density at radius 1 is 1.16 bits per heavy atom. The summed E-state index contributed by atoms with van der Waals surface area (Å²) in [6.45, 7) is 1.29. The summed E-state index contributed by atoms with van der Waals surface area (Å²) < 4.78 is 0. The second-order valence-electron chi connectivity index (χ2n) is 6.90. The first-order valence-corrected chi connectivity index (χ1v) is 9.75. The summed E-state index contributed by atoms with van der Waals surface area (Å²) in [7, 11) is 0. The van der Waals surface area contributed by atoms with Crippen molar-refractivity contribution >= 4 is 35.2 Å². The molecular formula is C18H21N3O3S. The van der Waals surface area contributed by atoms with E-state index >= 15 is 0 Å². The van der Waals surface area contributed by atoms with Gasteiger partial charge in [-0.05, 0) is 43.9 Å². The minimum atomic E-state index is -0.0330. The third-order valence-electron chi connectivity index (χ3n) is 4.94. The lowest BCUT2D eigenvalue weighted by atomic mass is 10.0. The highest BCUT2D eigenvalue weighted by atomic mass is 32.2. The van der Waals surface area contributed by atoms with Crippen LogP contribution in [0, 0.1) is 5.92 Å². The van der Waals surface area contributed by atoms with Gasteiger partial charge in [-0.3, -0.25) is 14.4 Å². The molecule has 25 heavy (non-hydrogen) atoms. The molecule has 1 saturated carbocycles. The molecule has 3 amide bonds. The average Bonchev–Trinajstić information content (AvgIpc) is 3.46. The highest BCUT2D eigenvalue weighted by molar-refractivity contribution is 8.00. The van der Waals surface area contributed by atoms with E-state index in [0.29, 0.717) is 24.4 Å². The number of carbonyl (C=O) groups excluding carboxylic acids is 3. The molecule has 1 aromatic carbocycles. The van der Waals surface area contributed by atoms with Gasteiger partial charge in [0.2, 0.25) is 11.8 Å². The van der Waals surface area contributed by atoms with Crippen molar-refractivity contribution in [2.24, 2.45) is 5.92 Å². The lowest BCUT2D eigenvalue weighted by molar-refractivity contribution is -0.123. The molecule has 4 rings (SSSR count). The number of likely N-dealkylation sites (tertiary alicyclic amines) is 1. The van der Waals surface area contributed by atoms with Gasteiger partial charge in [0, 0.05) is 35.5 Å². The minimum Gasteiger partial charge on any atom is -0.353 e. The maximum atomic E-state index is 12.7. The Morgan fingerprint density at radius 3 is 2.64 bits per heavy atom. The quantitative estimate of drug-likeness (QED) is 0.863. The Kier molecular flexibility index (Phi) is 4.41. The van der Waals surface area contributed by atoms with Crippen LogP contribution in [0.15, 0.2) is 23.1 Å². The molecule has 0 atom stereocenters. The summed E-state index contributed by atoms with van der Waals surface area (Å²) in [5, 5.41) is 5.92. The first kappa shape index (κ1) is 16.4. The standard InChI is InChI=1S/C18H21N3O3S/c22-16-10-25-15-4-3-12(9-14(15)20-16)18(24)21-7-5-13(6-8-21)19-17(23)11-1-2-11/h3-4,9,11,13H,1-2,5-8,10H2,(H,19,23)(H,20,22). The topological polar surface area (TPSA) is 78.5 Å². The normalized spacial score (nSPS) is 20.6. The second-order valence-corrected chi connectivity index (χ2v) is 7.91. The van der Waals surface area contributed by atoms with Crippen molar-refractivity contribution in [3.63, 3.8) is 0 Å². The molecule has 132 valence electrons. The van der Waals surface area contributed by atoms with Gasteiger partial charge in [-0.2, -0.15) is 0 Å². The van der Waals surface area contributed by atoms with Crippen LogP contribution in [-0.2, 0) is 9.59 Å². The van der Waals surface area contributed by atoms with Crippen LogP contribution in [0.25, 0.3) is 0 Å². The summed E-state index contributed by atoms with van der Waals surface area (Å²) in [6.07, 6.45) is 3.61. The Labute approximate surface area is 150 Å². The third kappa shape index (κ3) is 3.66. The van der Waals surface area contributed by atoms with E-state index in [2.05, 4.69) is 10.6 Å². The Bertz CT molecular complexity index is 724. The van der Waals surface area contributed by atoms with Crippen molar-refractivity contribution in [2.75, 3.05) is 24.2 Å². The van der Waals surface area contributed by atoms with Gasteiger partial charge in [0.25, 0.3) is 5.91 Å². The van der Waals surface area contributed by atoms with Crippen molar-refractivity contribution in [3.8, 4) is 0 Å². The van der Waals surface area contributed by atoms with Crippen LogP contribution >= 0.6 is 11.8 Å². The molecule has 0 radical (unpaired) electrons. The number of hydrogen-bond acceptors (Lipinski definition) is 4. The van der Waals surface area contributed by atoms with Gasteiger partial charge in [-0.1, -0.05) is 0 Å². The molecule has 2 fully saturated rings. The van der Waals surface area contributed by atoms with Gasteiger partial charge < -0.3 is 15.5 Å². The number of hydrogen-bond donors (Lipinski definition) is 2. The largest absolute Gasteiger partial charge is 0.353 e. The molecule has 1 aliphatic carbocycles. The van der Waals surface area contributed by atoms with Crippen molar-refractivity contribution in [3.05, 3.63) is 23.8 Å². The van der Waals surface area contributed by atoms with E-state index in [9.17, 15) is 14.4 Å². The van der Waals surface area contributed by atoms with Gasteiger partial charge in [-0.15, -0.1) is 11.8 Å². The summed E-state index contributed by atoms with van der Waals surface area (Å²) in [5.74, 6) is 0.769. The summed E-state index contributed by atoms with van der Waals surface area (Å²) >= 11 is 1.49. The van der Waals surface area contributed by atoms with E-state index in [-0.39, 0.29) is 29.7 Å². The maximum absolute atomic E-state index is 12.7. The third-order valence-corrected chi connectivity index (χ3v) is 6.01. The zero-order chi connectivity index (χ0) is 17.4. The van der Waals surface area contributed by atoms with Crippen molar-refractivity contribution in [1.29, 1.82) is 0 Å². The number of rotatable bonds is 3. The smallest absolute Gasteiger partial charge is 0.253 e. The number of piperidine rings is 1. The molecule has 2 aliphatic heterocycles. The molecule has 0 aromatic heterocycles. The molecule has 2 heterocycles. The zero-order valence-electron chi connectivity index (χ0n) is 13.9. The average molecular weight is 359 g/mol. The van der Waals surface area contributed by atoms with Crippen molar-refractivity contribution in [2.45, 2.75) is 36.6 Å². The lowest BCUT2D eigenvalue weighted by Crippen LogP contribution is -2.46. The van der Waals surface area contributed by atoms with E-state index in [4.69, 9.17) is 0 Å². The first-order chi connectivity index (χ1) is 12.1. The minimum absolute atomic E-state index is 0.0143. The Morgan fingerprint density at radius 2 is 1.92 bits per heavy atom. The van der Waals surface area contributed by atoms with Crippen LogP contribution in [0.3, 0.4) is 0 Å². The molecule has 2 N–H and O–H groups in total. The number of anilines is 1. The van der Waals surface area contributed by atoms with Gasteiger partial charge in [0.15, 0.2) is 0 Å². The number of thioether (sulfide) groups is 1. The van der Waals surface area contributed by atoms with E-state index in [0.717, 1.165) is 36.3 Å². The lowest BCUT2D eigenvalue weighted by Gasteiger charge is -2.32. The maximum Gasteiger partial charge on any atom is 0.253 e. The van der Waals surface area contributed by atoms with Crippen LogP contribution in [0.1, 0.15) is 36.0 Å². The summed E-state index contributed by atoms with van der Waals surface area (Å²) in [6, 6.07) is 5.67. The molecular weight excluding hydrogens is 338 g/mol. The summed E-state index contributed by atoms with van der Waals surface area (Å²) in [5.41, 5.74) is 1.32. The van der Waals surface area contributed by atoms with E-state index < -0.39 is 0 Å². The SMILES string of the molecule is O=C1CSc2ccc(C(=O)N3CCC(NC(=O)C4CC4)CC3)cc2N1. The highest BCUT2D eigenvalue weighted by Gasteiger charge is 2.32. The predicted octanol–water partition coefficient (Wildman–Crippen LogP) is 1.86. The monoisotopic (exact) mass is 359 g/mol. The number of amides is 3. The number of benzene rings is 1. The van der Waals surface area contributed by atoms with Gasteiger partial charge in [0.05, 0.1) is 11.4 Å². The molecule has 1 saturated heterocycles. The number of fused-ring (bicyclic) bond motifs is 1. The predicted molar refractivity (Wildman–Crippen MR) is 95.6 cm³/mol. The van der Waals surface area contributed by atoms with E-state index in [1.165, 1.54) is 11.8 Å². The molecule has 0 spiro atoms. The van der Waals surface area contributed by atoms with Crippen LogP contribution in [-0.4, -0.2) is 47.5 Å². The fraction of sp³-hybridized carbons (Fsp3) is 0.500.